The monoisotopic (exact) mass is 262 g/mol. The number of aromatic nitrogens is 1. The van der Waals surface area contributed by atoms with Crippen molar-refractivity contribution in [1.29, 1.82) is 0 Å². The van der Waals surface area contributed by atoms with Crippen LogP contribution in [0.5, 0.6) is 5.75 Å². The molecule has 1 aromatic rings. The standard InChI is InChI=1S/C16H26N2O/c1-11(2)19-15-8-14(9-18-10-15)16(17)6-5-12(3)7-13(16)4/h8-13H,5-7,17H2,1-4H3. The zero-order chi connectivity index (χ0) is 14.0. The molecule has 1 aliphatic carbocycles. The molecule has 0 spiro atoms. The minimum atomic E-state index is -0.254. The molecule has 3 unspecified atom stereocenters. The average molecular weight is 262 g/mol. The van der Waals surface area contributed by atoms with Gasteiger partial charge in [-0.15, -0.1) is 0 Å². The van der Waals surface area contributed by atoms with Gasteiger partial charge >= 0.3 is 0 Å². The zero-order valence-corrected chi connectivity index (χ0v) is 12.5. The van der Waals surface area contributed by atoms with Crippen molar-refractivity contribution in [3.63, 3.8) is 0 Å². The summed E-state index contributed by atoms with van der Waals surface area (Å²) in [4.78, 5) is 4.31. The molecule has 3 atom stereocenters. The van der Waals surface area contributed by atoms with Gasteiger partial charge in [0, 0.05) is 11.7 Å². The number of rotatable bonds is 3. The second-order valence-corrected chi connectivity index (χ2v) is 6.40. The van der Waals surface area contributed by atoms with Crippen LogP contribution in [0.15, 0.2) is 18.5 Å². The van der Waals surface area contributed by atoms with Crippen LogP contribution in [0, 0.1) is 11.8 Å². The van der Waals surface area contributed by atoms with E-state index in [2.05, 4.69) is 24.9 Å². The molecule has 0 aliphatic heterocycles. The Bertz CT molecular complexity index is 433. The summed E-state index contributed by atoms with van der Waals surface area (Å²) in [5.41, 5.74) is 7.55. The lowest BCUT2D eigenvalue weighted by atomic mass is 9.67. The number of nitrogens with two attached hydrogens (primary N) is 1. The summed E-state index contributed by atoms with van der Waals surface area (Å²) in [5.74, 6) is 2.07. The number of hydrogen-bond donors (Lipinski definition) is 1. The zero-order valence-electron chi connectivity index (χ0n) is 12.5. The van der Waals surface area contributed by atoms with Crippen LogP contribution < -0.4 is 10.5 Å². The molecule has 2 rings (SSSR count). The molecule has 19 heavy (non-hydrogen) atoms. The van der Waals surface area contributed by atoms with Crippen LogP contribution in [0.4, 0.5) is 0 Å². The summed E-state index contributed by atoms with van der Waals surface area (Å²) >= 11 is 0. The molecule has 1 aromatic heterocycles. The molecule has 0 aromatic carbocycles. The number of hydrogen-bond acceptors (Lipinski definition) is 3. The van der Waals surface area contributed by atoms with Crippen molar-refractivity contribution in [2.75, 3.05) is 0 Å². The molecule has 106 valence electrons. The van der Waals surface area contributed by atoms with Gasteiger partial charge in [0.15, 0.2) is 0 Å². The van der Waals surface area contributed by atoms with Crippen molar-refractivity contribution < 1.29 is 4.74 Å². The topological polar surface area (TPSA) is 48.1 Å². The van der Waals surface area contributed by atoms with Crippen LogP contribution in [-0.4, -0.2) is 11.1 Å². The maximum absolute atomic E-state index is 6.69. The lowest BCUT2D eigenvalue weighted by Crippen LogP contribution is -2.46. The van der Waals surface area contributed by atoms with Crippen molar-refractivity contribution in [2.45, 2.75) is 58.6 Å². The Morgan fingerprint density at radius 2 is 2.11 bits per heavy atom. The van der Waals surface area contributed by atoms with E-state index in [-0.39, 0.29) is 11.6 Å². The first kappa shape index (κ1) is 14.3. The molecular weight excluding hydrogens is 236 g/mol. The van der Waals surface area contributed by atoms with Crippen molar-refractivity contribution in [2.24, 2.45) is 17.6 Å². The van der Waals surface area contributed by atoms with Crippen LogP contribution in [-0.2, 0) is 5.54 Å². The van der Waals surface area contributed by atoms with Crippen LogP contribution in [0.3, 0.4) is 0 Å². The van der Waals surface area contributed by atoms with E-state index >= 15 is 0 Å². The fourth-order valence-corrected chi connectivity index (χ4v) is 3.10. The third-order valence-electron chi connectivity index (χ3n) is 4.31. The molecule has 1 aliphatic rings. The van der Waals surface area contributed by atoms with Crippen LogP contribution in [0.2, 0.25) is 0 Å². The van der Waals surface area contributed by atoms with Gasteiger partial charge in [-0.2, -0.15) is 0 Å². The Labute approximate surface area is 116 Å². The summed E-state index contributed by atoms with van der Waals surface area (Å²) in [5, 5.41) is 0. The summed E-state index contributed by atoms with van der Waals surface area (Å²) in [6.07, 6.45) is 7.24. The first-order chi connectivity index (χ1) is 8.91. The smallest absolute Gasteiger partial charge is 0.138 e. The molecule has 0 saturated heterocycles. The molecule has 1 fully saturated rings. The van der Waals surface area contributed by atoms with E-state index in [1.807, 2.05) is 20.0 Å². The molecule has 3 nitrogen and oxygen atoms in total. The fraction of sp³-hybridized carbons (Fsp3) is 0.688. The Hall–Kier alpha value is -1.09. The summed E-state index contributed by atoms with van der Waals surface area (Å²) in [6, 6.07) is 2.07. The quantitative estimate of drug-likeness (QED) is 0.907. The van der Waals surface area contributed by atoms with E-state index < -0.39 is 0 Å². The molecule has 2 N–H and O–H groups in total. The predicted molar refractivity (Wildman–Crippen MR) is 78.0 cm³/mol. The minimum absolute atomic E-state index is 0.162. The Balaban J connectivity index is 2.25. The number of nitrogens with zero attached hydrogens (tertiary/aromatic N) is 1. The Morgan fingerprint density at radius 3 is 2.74 bits per heavy atom. The van der Waals surface area contributed by atoms with Crippen molar-refractivity contribution >= 4 is 0 Å². The molecule has 0 bridgehead atoms. The molecule has 1 saturated carbocycles. The van der Waals surface area contributed by atoms with Gasteiger partial charge in [-0.05, 0) is 56.6 Å². The van der Waals surface area contributed by atoms with Gasteiger partial charge in [-0.3, -0.25) is 4.98 Å². The van der Waals surface area contributed by atoms with E-state index in [4.69, 9.17) is 10.5 Å². The van der Waals surface area contributed by atoms with Crippen LogP contribution >= 0.6 is 0 Å². The molecule has 0 radical (unpaired) electrons. The first-order valence-electron chi connectivity index (χ1n) is 7.33. The normalized spacial score (nSPS) is 31.5. The molecule has 0 amide bonds. The molecular formula is C16H26N2O. The fourth-order valence-electron chi connectivity index (χ4n) is 3.10. The number of ether oxygens (including phenoxy) is 1. The summed E-state index contributed by atoms with van der Waals surface area (Å²) in [7, 11) is 0. The predicted octanol–water partition coefficient (Wildman–Crippen LogP) is 3.48. The van der Waals surface area contributed by atoms with Gasteiger partial charge in [0.25, 0.3) is 0 Å². The second kappa shape index (κ2) is 5.49. The Morgan fingerprint density at radius 1 is 1.37 bits per heavy atom. The average Bonchev–Trinajstić information content (AvgIpc) is 2.34. The largest absolute Gasteiger partial charge is 0.489 e. The van der Waals surface area contributed by atoms with Gasteiger partial charge in [-0.25, -0.2) is 0 Å². The van der Waals surface area contributed by atoms with Gasteiger partial charge in [0.1, 0.15) is 5.75 Å². The van der Waals surface area contributed by atoms with E-state index in [1.165, 1.54) is 12.8 Å². The first-order valence-corrected chi connectivity index (χ1v) is 7.33. The molecule has 1 heterocycles. The highest BCUT2D eigenvalue weighted by molar-refractivity contribution is 5.30. The van der Waals surface area contributed by atoms with E-state index in [0.29, 0.717) is 5.92 Å². The lowest BCUT2D eigenvalue weighted by Gasteiger charge is -2.42. The van der Waals surface area contributed by atoms with E-state index in [0.717, 1.165) is 23.7 Å². The Kier molecular flexibility index (Phi) is 4.14. The number of pyridine rings is 1. The van der Waals surface area contributed by atoms with E-state index in [1.54, 1.807) is 6.20 Å². The van der Waals surface area contributed by atoms with Crippen LogP contribution in [0.25, 0.3) is 0 Å². The SMILES string of the molecule is CC1CCC(N)(c2cncc(OC(C)C)c2)C(C)C1. The van der Waals surface area contributed by atoms with E-state index in [9.17, 15) is 0 Å². The van der Waals surface area contributed by atoms with Crippen molar-refractivity contribution in [3.05, 3.63) is 24.0 Å². The maximum Gasteiger partial charge on any atom is 0.138 e. The lowest BCUT2D eigenvalue weighted by molar-refractivity contribution is 0.163. The highest BCUT2D eigenvalue weighted by atomic mass is 16.5. The van der Waals surface area contributed by atoms with Crippen LogP contribution in [0.1, 0.15) is 52.5 Å². The van der Waals surface area contributed by atoms with Gasteiger partial charge < -0.3 is 10.5 Å². The summed E-state index contributed by atoms with van der Waals surface area (Å²) < 4.78 is 5.73. The third kappa shape index (κ3) is 3.08. The van der Waals surface area contributed by atoms with Gasteiger partial charge in [0.05, 0.1) is 12.3 Å². The third-order valence-corrected chi connectivity index (χ3v) is 4.31. The summed E-state index contributed by atoms with van der Waals surface area (Å²) in [6.45, 7) is 8.61. The second-order valence-electron chi connectivity index (χ2n) is 6.40. The highest BCUT2D eigenvalue weighted by Gasteiger charge is 2.38. The van der Waals surface area contributed by atoms with Crippen molar-refractivity contribution in [3.8, 4) is 5.75 Å². The molecule has 3 heteroatoms. The van der Waals surface area contributed by atoms with Crippen molar-refractivity contribution in [1.82, 2.24) is 4.98 Å². The maximum atomic E-state index is 6.69. The highest BCUT2D eigenvalue weighted by Crippen LogP contribution is 2.42. The minimum Gasteiger partial charge on any atom is -0.489 e. The van der Waals surface area contributed by atoms with Gasteiger partial charge in [0.2, 0.25) is 0 Å². The van der Waals surface area contributed by atoms with Gasteiger partial charge in [-0.1, -0.05) is 13.8 Å².